The minimum atomic E-state index is -0.112. The van der Waals surface area contributed by atoms with Gasteiger partial charge in [-0.15, -0.1) is 0 Å². The number of aromatic nitrogens is 3. The number of para-hydroxylation sites is 1. The molecule has 0 aliphatic carbocycles. The molecule has 4 heterocycles. The van der Waals surface area contributed by atoms with Crippen LogP contribution in [-0.4, -0.2) is 33.5 Å². The van der Waals surface area contributed by atoms with Crippen LogP contribution in [0.3, 0.4) is 0 Å². The van der Waals surface area contributed by atoms with Crippen LogP contribution in [0.25, 0.3) is 22.3 Å². The summed E-state index contributed by atoms with van der Waals surface area (Å²) in [6.45, 7) is 4.53. The first-order valence-electron chi connectivity index (χ1n) is 9.22. The lowest BCUT2D eigenvalue weighted by atomic mass is 9.94. The number of aryl methyl sites for hydroxylation is 1. The van der Waals surface area contributed by atoms with Gasteiger partial charge in [0.1, 0.15) is 17.3 Å². The molecular formula is C21H20N4O2. The van der Waals surface area contributed by atoms with E-state index in [-0.39, 0.29) is 17.9 Å². The predicted octanol–water partition coefficient (Wildman–Crippen LogP) is 3.49. The first kappa shape index (κ1) is 16.1. The SMILES string of the molecule is Cc1nc2cccc3c2nc1O[C@@H](C)/C=C/C[C@H]1CNC(=O)c2cc-3[nH]c21. The number of rotatable bonds is 0. The van der Waals surface area contributed by atoms with Gasteiger partial charge in [0.05, 0.1) is 11.1 Å². The number of fused-ring (bicyclic) bond motifs is 3. The Morgan fingerprint density at radius 1 is 1.22 bits per heavy atom. The maximum Gasteiger partial charge on any atom is 0.253 e. The van der Waals surface area contributed by atoms with Crippen LogP contribution >= 0.6 is 0 Å². The summed E-state index contributed by atoms with van der Waals surface area (Å²) in [5, 5.41) is 3.00. The Labute approximate surface area is 156 Å². The second-order valence-corrected chi connectivity index (χ2v) is 7.19. The molecule has 1 aromatic carbocycles. The summed E-state index contributed by atoms with van der Waals surface area (Å²) >= 11 is 0. The Kier molecular flexibility index (Phi) is 3.53. The van der Waals surface area contributed by atoms with Crippen LogP contribution in [0.1, 0.15) is 41.0 Å². The van der Waals surface area contributed by atoms with Crippen molar-refractivity contribution in [1.82, 2.24) is 20.3 Å². The van der Waals surface area contributed by atoms with E-state index in [4.69, 9.17) is 9.72 Å². The summed E-state index contributed by atoms with van der Waals surface area (Å²) in [6, 6.07) is 7.84. The van der Waals surface area contributed by atoms with Crippen molar-refractivity contribution in [1.29, 1.82) is 0 Å². The van der Waals surface area contributed by atoms with E-state index in [1.54, 1.807) is 0 Å². The number of hydrogen-bond donors (Lipinski definition) is 2. The van der Waals surface area contributed by atoms with E-state index in [1.807, 2.05) is 44.2 Å². The molecule has 0 fully saturated rings. The summed E-state index contributed by atoms with van der Waals surface area (Å²) in [4.78, 5) is 25.3. The van der Waals surface area contributed by atoms with E-state index in [1.165, 1.54) is 0 Å². The molecule has 2 N–H and O–H groups in total. The summed E-state index contributed by atoms with van der Waals surface area (Å²) in [5.41, 5.74) is 5.85. The van der Waals surface area contributed by atoms with Gasteiger partial charge in [0.25, 0.3) is 5.91 Å². The summed E-state index contributed by atoms with van der Waals surface area (Å²) in [6.07, 6.45) is 4.87. The van der Waals surface area contributed by atoms with Crippen LogP contribution in [0.5, 0.6) is 5.88 Å². The van der Waals surface area contributed by atoms with Crippen LogP contribution in [-0.2, 0) is 0 Å². The molecule has 2 aliphatic rings. The standard InChI is InChI=1S/C21H20N4O2/c1-11-5-3-6-13-10-22-20(26)15-9-17(24-18(13)15)14-7-4-8-16-19(14)25-21(27-11)12(2)23-16/h3-5,7-9,11,13,24H,6,10H2,1-2H3,(H,22,26)/b5-3+/t11-,13-/m0/s1. The molecule has 5 rings (SSSR count). The van der Waals surface area contributed by atoms with Gasteiger partial charge in [-0.25, -0.2) is 9.97 Å². The van der Waals surface area contributed by atoms with Crippen molar-refractivity contribution in [3.63, 3.8) is 0 Å². The molecule has 3 aromatic rings. The van der Waals surface area contributed by atoms with Crippen LogP contribution in [0, 0.1) is 6.92 Å². The molecule has 136 valence electrons. The second-order valence-electron chi connectivity index (χ2n) is 7.19. The Balaban J connectivity index is 1.80. The van der Waals surface area contributed by atoms with Gasteiger partial charge in [-0.1, -0.05) is 18.2 Å². The number of allylic oxidation sites excluding steroid dienone is 1. The van der Waals surface area contributed by atoms with Crippen molar-refractivity contribution in [3.05, 3.63) is 53.4 Å². The number of carbonyl (C=O) groups is 1. The van der Waals surface area contributed by atoms with E-state index in [2.05, 4.69) is 21.4 Å². The summed E-state index contributed by atoms with van der Waals surface area (Å²) in [7, 11) is 0. The van der Waals surface area contributed by atoms with Gasteiger partial charge >= 0.3 is 0 Å². The monoisotopic (exact) mass is 360 g/mol. The van der Waals surface area contributed by atoms with Crippen molar-refractivity contribution >= 4 is 16.9 Å². The molecule has 6 nitrogen and oxygen atoms in total. The molecule has 0 spiro atoms. The highest BCUT2D eigenvalue weighted by Gasteiger charge is 2.28. The van der Waals surface area contributed by atoms with Gasteiger partial charge in [0.2, 0.25) is 5.88 Å². The van der Waals surface area contributed by atoms with Crippen LogP contribution in [0.15, 0.2) is 36.4 Å². The van der Waals surface area contributed by atoms with Gasteiger partial charge in [-0.2, -0.15) is 0 Å². The lowest BCUT2D eigenvalue weighted by Crippen LogP contribution is -2.34. The molecule has 6 heteroatoms. The molecule has 2 atom stereocenters. The molecule has 0 unspecified atom stereocenters. The van der Waals surface area contributed by atoms with Crippen molar-refractivity contribution < 1.29 is 9.53 Å². The van der Waals surface area contributed by atoms with Gasteiger partial charge in [-0.3, -0.25) is 4.79 Å². The fraction of sp³-hybridized carbons (Fsp3) is 0.286. The third kappa shape index (κ3) is 2.60. The smallest absolute Gasteiger partial charge is 0.253 e. The third-order valence-corrected chi connectivity index (χ3v) is 5.25. The van der Waals surface area contributed by atoms with E-state index >= 15 is 0 Å². The van der Waals surface area contributed by atoms with E-state index < -0.39 is 0 Å². The number of nitrogens with zero attached hydrogens (tertiary/aromatic N) is 2. The first-order valence-corrected chi connectivity index (χ1v) is 9.22. The zero-order chi connectivity index (χ0) is 18.5. The number of ether oxygens (including phenoxy) is 1. The van der Waals surface area contributed by atoms with Gasteiger partial charge in [0, 0.05) is 29.4 Å². The molecule has 1 amide bonds. The van der Waals surface area contributed by atoms with E-state index in [0.29, 0.717) is 18.0 Å². The average Bonchev–Trinajstić information content (AvgIpc) is 3.09. The topological polar surface area (TPSA) is 79.9 Å². The molecule has 0 saturated carbocycles. The molecule has 4 bridgehead atoms. The molecule has 0 saturated heterocycles. The molecule has 0 radical (unpaired) electrons. The first-order chi connectivity index (χ1) is 13.1. The molecule has 2 aliphatic heterocycles. The Hall–Kier alpha value is -3.15. The number of hydrogen-bond acceptors (Lipinski definition) is 4. The lowest BCUT2D eigenvalue weighted by Gasteiger charge is -2.22. The number of amides is 1. The fourth-order valence-corrected chi connectivity index (χ4v) is 3.87. The number of nitrogens with one attached hydrogen (secondary N) is 2. The quantitative estimate of drug-likeness (QED) is 0.602. The van der Waals surface area contributed by atoms with Gasteiger partial charge < -0.3 is 15.0 Å². The number of carbonyl (C=O) groups excluding carboxylic acids is 1. The molecular weight excluding hydrogens is 340 g/mol. The predicted molar refractivity (Wildman–Crippen MR) is 103 cm³/mol. The number of aromatic amines is 1. The highest BCUT2D eigenvalue weighted by molar-refractivity contribution is 6.00. The second kappa shape index (κ2) is 5.94. The largest absolute Gasteiger partial charge is 0.469 e. The van der Waals surface area contributed by atoms with Crippen molar-refractivity contribution in [2.24, 2.45) is 0 Å². The minimum absolute atomic E-state index is 0.0284. The molecule has 2 aromatic heterocycles. The molecule has 27 heavy (non-hydrogen) atoms. The van der Waals surface area contributed by atoms with Crippen LogP contribution < -0.4 is 10.1 Å². The maximum absolute atomic E-state index is 12.4. The third-order valence-electron chi connectivity index (χ3n) is 5.25. The van der Waals surface area contributed by atoms with Crippen molar-refractivity contribution in [2.75, 3.05) is 6.54 Å². The van der Waals surface area contributed by atoms with Gasteiger partial charge in [0.15, 0.2) is 0 Å². The normalized spacial score (nSPS) is 22.4. The van der Waals surface area contributed by atoms with Crippen LogP contribution in [0.2, 0.25) is 0 Å². The van der Waals surface area contributed by atoms with E-state index in [0.717, 1.165) is 40.1 Å². The number of benzene rings is 1. The zero-order valence-electron chi connectivity index (χ0n) is 15.2. The Morgan fingerprint density at radius 2 is 2.11 bits per heavy atom. The Bertz CT molecular complexity index is 1100. The van der Waals surface area contributed by atoms with Crippen molar-refractivity contribution in [3.8, 4) is 17.1 Å². The highest BCUT2D eigenvalue weighted by Crippen LogP contribution is 2.34. The lowest BCUT2D eigenvalue weighted by molar-refractivity contribution is 0.0940. The fourth-order valence-electron chi connectivity index (χ4n) is 3.87. The highest BCUT2D eigenvalue weighted by atomic mass is 16.5. The summed E-state index contributed by atoms with van der Waals surface area (Å²) < 4.78 is 6.04. The zero-order valence-corrected chi connectivity index (χ0v) is 15.2. The average molecular weight is 360 g/mol. The van der Waals surface area contributed by atoms with E-state index in [9.17, 15) is 4.79 Å². The van der Waals surface area contributed by atoms with Crippen LogP contribution in [0.4, 0.5) is 0 Å². The summed E-state index contributed by atoms with van der Waals surface area (Å²) in [5.74, 6) is 0.727. The Morgan fingerprint density at radius 3 is 3.00 bits per heavy atom. The van der Waals surface area contributed by atoms with Crippen molar-refractivity contribution in [2.45, 2.75) is 32.3 Å². The number of H-pyrrole nitrogens is 1. The minimum Gasteiger partial charge on any atom is -0.469 e. The van der Waals surface area contributed by atoms with Gasteiger partial charge in [-0.05, 0) is 38.5 Å². The maximum atomic E-state index is 12.4.